The predicted molar refractivity (Wildman–Crippen MR) is 54.5 cm³/mol. The molecule has 0 saturated heterocycles. The number of amides is 2. The lowest BCUT2D eigenvalue weighted by Crippen LogP contribution is -2.48. The van der Waals surface area contributed by atoms with Crippen LogP contribution in [0.5, 0.6) is 0 Å². The molecule has 2 amide bonds. The fraction of sp³-hybridized carbons (Fsp3) is 0.556. The van der Waals surface area contributed by atoms with E-state index in [2.05, 4.69) is 11.9 Å². The van der Waals surface area contributed by atoms with Crippen LogP contribution in [0.3, 0.4) is 0 Å². The monoisotopic (exact) mass is 216 g/mol. The largest absolute Gasteiger partial charge is 0.480 e. The Balaban J connectivity index is 4.21. The van der Waals surface area contributed by atoms with E-state index < -0.39 is 24.6 Å². The van der Waals surface area contributed by atoms with Crippen LogP contribution in [0.15, 0.2) is 12.2 Å². The van der Waals surface area contributed by atoms with Crippen LogP contribution in [-0.2, 0) is 4.79 Å². The molecule has 0 bridgehead atoms. The summed E-state index contributed by atoms with van der Waals surface area (Å²) in [5.41, 5.74) is 0.781. The van der Waals surface area contributed by atoms with Crippen molar-refractivity contribution in [2.45, 2.75) is 13.0 Å². The molecule has 0 rings (SSSR count). The number of urea groups is 1. The summed E-state index contributed by atoms with van der Waals surface area (Å²) in [4.78, 5) is 23.1. The average molecular weight is 216 g/mol. The Morgan fingerprint density at radius 2 is 2.07 bits per heavy atom. The number of nitrogens with one attached hydrogen (secondary N) is 1. The number of aliphatic carboxylic acids is 1. The second-order valence-electron chi connectivity index (χ2n) is 3.34. The van der Waals surface area contributed by atoms with Crippen molar-refractivity contribution in [3.63, 3.8) is 0 Å². The van der Waals surface area contributed by atoms with Crippen molar-refractivity contribution in [2.24, 2.45) is 0 Å². The molecule has 0 fully saturated rings. The van der Waals surface area contributed by atoms with Crippen LogP contribution in [0.2, 0.25) is 0 Å². The van der Waals surface area contributed by atoms with Crippen molar-refractivity contribution in [1.29, 1.82) is 0 Å². The third-order valence-corrected chi connectivity index (χ3v) is 1.63. The maximum Gasteiger partial charge on any atom is 0.328 e. The number of rotatable bonds is 5. The van der Waals surface area contributed by atoms with Crippen molar-refractivity contribution >= 4 is 12.0 Å². The molecule has 0 unspecified atom stereocenters. The van der Waals surface area contributed by atoms with Crippen molar-refractivity contribution in [3.05, 3.63) is 12.2 Å². The van der Waals surface area contributed by atoms with Crippen LogP contribution in [-0.4, -0.2) is 53.4 Å². The van der Waals surface area contributed by atoms with E-state index in [4.69, 9.17) is 10.2 Å². The van der Waals surface area contributed by atoms with Gasteiger partial charge in [-0.3, -0.25) is 0 Å². The number of carboxylic acids is 1. The normalized spacial score (nSPS) is 11.7. The van der Waals surface area contributed by atoms with Crippen LogP contribution in [0.4, 0.5) is 4.79 Å². The Hall–Kier alpha value is -1.56. The summed E-state index contributed by atoms with van der Waals surface area (Å²) in [6.45, 7) is 5.08. The highest BCUT2D eigenvalue weighted by Crippen LogP contribution is 1.94. The van der Waals surface area contributed by atoms with Gasteiger partial charge in [-0.05, 0) is 6.92 Å². The number of carbonyl (C=O) groups is 2. The van der Waals surface area contributed by atoms with Gasteiger partial charge in [-0.1, -0.05) is 12.2 Å². The quantitative estimate of drug-likeness (QED) is 0.548. The average Bonchev–Trinajstić information content (AvgIpc) is 2.11. The topological polar surface area (TPSA) is 89.9 Å². The summed E-state index contributed by atoms with van der Waals surface area (Å²) in [5, 5.41) is 19.4. The lowest BCUT2D eigenvalue weighted by molar-refractivity contribution is -0.140. The van der Waals surface area contributed by atoms with Crippen molar-refractivity contribution in [1.82, 2.24) is 10.2 Å². The zero-order chi connectivity index (χ0) is 12.0. The zero-order valence-corrected chi connectivity index (χ0v) is 8.86. The summed E-state index contributed by atoms with van der Waals surface area (Å²) in [6, 6.07) is -1.83. The fourth-order valence-electron chi connectivity index (χ4n) is 0.921. The number of aliphatic hydroxyl groups is 1. The van der Waals surface area contributed by atoms with Gasteiger partial charge in [-0.25, -0.2) is 9.59 Å². The summed E-state index contributed by atoms with van der Waals surface area (Å²) in [5.74, 6) is -1.27. The molecule has 0 spiro atoms. The van der Waals surface area contributed by atoms with Crippen LogP contribution in [0.1, 0.15) is 6.92 Å². The van der Waals surface area contributed by atoms with Crippen molar-refractivity contribution in [2.75, 3.05) is 20.2 Å². The lowest BCUT2D eigenvalue weighted by atomic mass is 10.3. The Labute approximate surface area is 88.2 Å². The molecule has 6 heteroatoms. The standard InChI is InChI=1S/C9H16N2O4/c1-6(2)4-11(3)9(15)10-7(5-12)8(13)14/h7,12H,1,4-5H2,2-3H3,(H,10,15)(H,13,14)/t7-/m1/s1. The number of likely N-dealkylation sites (N-methyl/N-ethyl adjacent to an activating group) is 1. The SMILES string of the molecule is C=C(C)CN(C)C(=O)N[C@H](CO)C(=O)O. The number of carboxylic acid groups (broad SMARTS) is 1. The molecule has 0 radical (unpaired) electrons. The Morgan fingerprint density at radius 1 is 1.53 bits per heavy atom. The second-order valence-corrected chi connectivity index (χ2v) is 3.34. The van der Waals surface area contributed by atoms with E-state index in [1.807, 2.05) is 0 Å². The van der Waals surface area contributed by atoms with E-state index in [1.165, 1.54) is 11.9 Å². The van der Waals surface area contributed by atoms with E-state index >= 15 is 0 Å². The Kier molecular flexibility index (Phi) is 5.40. The third-order valence-electron chi connectivity index (χ3n) is 1.63. The van der Waals surface area contributed by atoms with Crippen LogP contribution < -0.4 is 5.32 Å². The number of nitrogens with zero attached hydrogens (tertiary/aromatic N) is 1. The minimum Gasteiger partial charge on any atom is -0.480 e. The molecule has 0 aliphatic rings. The lowest BCUT2D eigenvalue weighted by Gasteiger charge is -2.20. The van der Waals surface area contributed by atoms with E-state index in [9.17, 15) is 9.59 Å². The fourth-order valence-corrected chi connectivity index (χ4v) is 0.921. The van der Waals surface area contributed by atoms with Crippen LogP contribution >= 0.6 is 0 Å². The van der Waals surface area contributed by atoms with Gasteiger partial charge in [0.15, 0.2) is 6.04 Å². The third kappa shape index (κ3) is 5.02. The highest BCUT2D eigenvalue weighted by Gasteiger charge is 2.20. The molecule has 15 heavy (non-hydrogen) atoms. The van der Waals surface area contributed by atoms with E-state index in [-0.39, 0.29) is 0 Å². The van der Waals surface area contributed by atoms with Crippen LogP contribution in [0.25, 0.3) is 0 Å². The summed E-state index contributed by atoms with van der Waals surface area (Å²) in [7, 11) is 1.51. The second kappa shape index (κ2) is 6.02. The molecule has 0 aliphatic carbocycles. The zero-order valence-electron chi connectivity index (χ0n) is 8.86. The van der Waals surface area contributed by atoms with Crippen molar-refractivity contribution in [3.8, 4) is 0 Å². The molecule has 0 heterocycles. The Morgan fingerprint density at radius 3 is 2.40 bits per heavy atom. The van der Waals surface area contributed by atoms with Gasteiger partial charge in [-0.2, -0.15) is 0 Å². The molecule has 1 atom stereocenters. The predicted octanol–water partition coefficient (Wildman–Crippen LogP) is -0.351. The molecule has 6 nitrogen and oxygen atoms in total. The molecule has 0 saturated carbocycles. The smallest absolute Gasteiger partial charge is 0.328 e. The van der Waals surface area contributed by atoms with Gasteiger partial charge < -0.3 is 20.4 Å². The molecular formula is C9H16N2O4. The summed E-state index contributed by atoms with van der Waals surface area (Å²) < 4.78 is 0. The molecule has 0 aromatic heterocycles. The van der Waals surface area contributed by atoms with Gasteiger partial charge >= 0.3 is 12.0 Å². The van der Waals surface area contributed by atoms with Gasteiger partial charge in [-0.15, -0.1) is 0 Å². The van der Waals surface area contributed by atoms with Gasteiger partial charge in [0.2, 0.25) is 0 Å². The maximum absolute atomic E-state index is 11.4. The molecule has 0 aliphatic heterocycles. The van der Waals surface area contributed by atoms with Gasteiger partial charge in [0.25, 0.3) is 0 Å². The summed E-state index contributed by atoms with van der Waals surface area (Å²) in [6.07, 6.45) is 0. The number of hydrogen-bond donors (Lipinski definition) is 3. The first-order valence-corrected chi connectivity index (χ1v) is 4.38. The molecule has 0 aromatic carbocycles. The van der Waals surface area contributed by atoms with E-state index in [0.717, 1.165) is 5.57 Å². The molecule has 3 N–H and O–H groups in total. The highest BCUT2D eigenvalue weighted by molar-refractivity contribution is 5.82. The van der Waals surface area contributed by atoms with Gasteiger partial charge in [0, 0.05) is 13.6 Å². The number of aliphatic hydroxyl groups excluding tert-OH is 1. The first-order valence-electron chi connectivity index (χ1n) is 4.38. The Bertz CT molecular complexity index is 265. The first-order chi connectivity index (χ1) is 6.88. The number of carbonyl (C=O) groups excluding carboxylic acids is 1. The first kappa shape index (κ1) is 13.4. The summed E-state index contributed by atoms with van der Waals surface area (Å²) >= 11 is 0. The minimum atomic E-state index is -1.27. The maximum atomic E-state index is 11.4. The van der Waals surface area contributed by atoms with Gasteiger partial charge in [0.1, 0.15) is 0 Å². The van der Waals surface area contributed by atoms with Crippen LogP contribution in [0, 0.1) is 0 Å². The van der Waals surface area contributed by atoms with E-state index in [1.54, 1.807) is 6.92 Å². The number of hydrogen-bond acceptors (Lipinski definition) is 3. The molecule has 86 valence electrons. The van der Waals surface area contributed by atoms with Crippen molar-refractivity contribution < 1.29 is 19.8 Å². The highest BCUT2D eigenvalue weighted by atomic mass is 16.4. The molecular weight excluding hydrogens is 200 g/mol. The molecule has 0 aromatic rings. The van der Waals surface area contributed by atoms with Gasteiger partial charge in [0.05, 0.1) is 6.61 Å². The van der Waals surface area contributed by atoms with E-state index in [0.29, 0.717) is 6.54 Å². The minimum absolute atomic E-state index is 0.337.